The predicted octanol–water partition coefficient (Wildman–Crippen LogP) is 1.02. The molecule has 0 fully saturated rings. The summed E-state index contributed by atoms with van der Waals surface area (Å²) in [6.45, 7) is 0. The Hall–Kier alpha value is -0.990. The van der Waals surface area contributed by atoms with E-state index in [9.17, 15) is 18.4 Å². The number of nitrogens with two attached hydrogens (primary N) is 1. The van der Waals surface area contributed by atoms with Crippen LogP contribution in [0.4, 0.5) is 8.78 Å². The zero-order valence-electron chi connectivity index (χ0n) is 6.68. The number of aromatic nitrogens is 1. The average Bonchev–Trinajstić information content (AvgIpc) is 2.08. The van der Waals surface area contributed by atoms with Gasteiger partial charge in [-0.1, -0.05) is 0 Å². The number of rotatable bonds is 2. The van der Waals surface area contributed by atoms with Crippen molar-refractivity contribution in [2.75, 3.05) is 0 Å². The molecular formula is C7H5F2IN2O2. The second-order valence-electron chi connectivity index (χ2n) is 2.43. The molecule has 0 aliphatic heterocycles. The lowest BCUT2D eigenvalue weighted by Gasteiger charge is -2.02. The fourth-order valence-electron chi connectivity index (χ4n) is 0.860. The summed E-state index contributed by atoms with van der Waals surface area (Å²) in [5.74, 6) is -0.854. The molecule has 0 aliphatic carbocycles. The zero-order valence-corrected chi connectivity index (χ0v) is 8.84. The van der Waals surface area contributed by atoms with Gasteiger partial charge in [0.2, 0.25) is 5.43 Å². The van der Waals surface area contributed by atoms with Gasteiger partial charge in [0.1, 0.15) is 5.69 Å². The molecule has 0 spiro atoms. The lowest BCUT2D eigenvalue weighted by Crippen LogP contribution is -2.23. The van der Waals surface area contributed by atoms with E-state index in [4.69, 9.17) is 5.73 Å². The smallest absolute Gasteiger partial charge is 0.269 e. The largest absolute Gasteiger partial charge is 0.364 e. The summed E-state index contributed by atoms with van der Waals surface area (Å²) in [6.07, 6.45) is -2.07. The van der Waals surface area contributed by atoms with Gasteiger partial charge < -0.3 is 10.7 Å². The molecule has 1 aromatic rings. The molecule has 0 aromatic carbocycles. The summed E-state index contributed by atoms with van der Waals surface area (Å²) in [5, 5.41) is 0. The molecule has 1 aromatic heterocycles. The molecule has 76 valence electrons. The number of amides is 1. The van der Waals surface area contributed by atoms with E-state index in [0.29, 0.717) is 0 Å². The Morgan fingerprint density at radius 2 is 2.14 bits per heavy atom. The van der Waals surface area contributed by atoms with Crippen molar-refractivity contribution >= 4 is 28.5 Å². The Kier molecular flexibility index (Phi) is 3.19. The summed E-state index contributed by atoms with van der Waals surface area (Å²) < 4.78 is 24.3. The van der Waals surface area contributed by atoms with Gasteiger partial charge in [-0.3, -0.25) is 9.59 Å². The summed E-state index contributed by atoms with van der Waals surface area (Å²) in [7, 11) is 0. The minimum atomic E-state index is -2.87. The topological polar surface area (TPSA) is 76.0 Å². The van der Waals surface area contributed by atoms with Crippen LogP contribution in [0.5, 0.6) is 0 Å². The van der Waals surface area contributed by atoms with Gasteiger partial charge >= 0.3 is 0 Å². The van der Waals surface area contributed by atoms with E-state index in [-0.39, 0.29) is 9.26 Å². The third kappa shape index (κ3) is 1.91. The molecule has 0 aliphatic rings. The SMILES string of the molecule is NC(=O)c1[nH]cc(C(F)F)c(=O)c1I. The Morgan fingerprint density at radius 1 is 1.57 bits per heavy atom. The number of alkyl halides is 2. The van der Waals surface area contributed by atoms with Crippen LogP contribution >= 0.6 is 22.6 Å². The molecule has 0 unspecified atom stereocenters. The van der Waals surface area contributed by atoms with Crippen LogP contribution in [0.15, 0.2) is 11.0 Å². The van der Waals surface area contributed by atoms with Crippen LogP contribution in [0.3, 0.4) is 0 Å². The summed E-state index contributed by atoms with van der Waals surface area (Å²) in [4.78, 5) is 24.2. The highest BCUT2D eigenvalue weighted by Crippen LogP contribution is 2.15. The maximum absolute atomic E-state index is 12.2. The minimum Gasteiger partial charge on any atom is -0.364 e. The van der Waals surface area contributed by atoms with Crippen molar-refractivity contribution in [3.8, 4) is 0 Å². The number of carbonyl (C=O) groups is 1. The van der Waals surface area contributed by atoms with Gasteiger partial charge in [0.05, 0.1) is 9.13 Å². The Balaban J connectivity index is 3.42. The van der Waals surface area contributed by atoms with Crippen molar-refractivity contribution in [1.82, 2.24) is 4.98 Å². The van der Waals surface area contributed by atoms with Crippen LogP contribution in [0.25, 0.3) is 0 Å². The number of primary amides is 1. The van der Waals surface area contributed by atoms with E-state index < -0.39 is 23.3 Å². The van der Waals surface area contributed by atoms with Crippen molar-refractivity contribution in [2.24, 2.45) is 5.73 Å². The molecular weight excluding hydrogens is 309 g/mol. The number of carbonyl (C=O) groups excluding carboxylic acids is 1. The first kappa shape index (κ1) is 11.1. The fourth-order valence-corrected chi connectivity index (χ4v) is 1.59. The minimum absolute atomic E-state index is 0.118. The van der Waals surface area contributed by atoms with Crippen molar-refractivity contribution in [1.29, 1.82) is 0 Å². The highest BCUT2D eigenvalue weighted by atomic mass is 127. The molecule has 0 atom stereocenters. The number of hydrogen-bond donors (Lipinski definition) is 2. The standard InChI is InChI=1S/C7H5F2IN2O2/c8-6(9)2-1-12-4(7(11)14)3(10)5(2)13/h1,6H,(H2,11,14)(H,12,13). The van der Waals surface area contributed by atoms with Crippen LogP contribution < -0.4 is 11.2 Å². The van der Waals surface area contributed by atoms with E-state index in [0.717, 1.165) is 6.20 Å². The van der Waals surface area contributed by atoms with Crippen LogP contribution in [-0.4, -0.2) is 10.9 Å². The molecule has 0 saturated heterocycles. The molecule has 3 N–H and O–H groups in total. The Labute approximate surface area is 90.6 Å². The first-order chi connectivity index (χ1) is 6.45. The molecule has 1 rings (SSSR count). The molecule has 14 heavy (non-hydrogen) atoms. The van der Waals surface area contributed by atoms with Crippen molar-refractivity contribution < 1.29 is 13.6 Å². The Bertz CT molecular complexity index is 430. The van der Waals surface area contributed by atoms with Gasteiger partial charge in [0.15, 0.2) is 0 Å². The second-order valence-corrected chi connectivity index (χ2v) is 3.51. The fraction of sp³-hybridized carbons (Fsp3) is 0.143. The van der Waals surface area contributed by atoms with Gasteiger partial charge in [-0.15, -0.1) is 0 Å². The summed E-state index contributed by atoms with van der Waals surface area (Å²) >= 11 is 1.50. The van der Waals surface area contributed by atoms with Gasteiger partial charge in [-0.2, -0.15) is 0 Å². The third-order valence-electron chi connectivity index (χ3n) is 1.53. The van der Waals surface area contributed by atoms with Crippen LogP contribution in [0, 0.1) is 3.57 Å². The molecule has 1 heterocycles. The van der Waals surface area contributed by atoms with Crippen molar-refractivity contribution in [2.45, 2.75) is 6.43 Å². The number of pyridine rings is 1. The molecule has 4 nitrogen and oxygen atoms in total. The first-order valence-electron chi connectivity index (χ1n) is 3.44. The lowest BCUT2D eigenvalue weighted by atomic mass is 10.2. The van der Waals surface area contributed by atoms with Gasteiger partial charge in [0.25, 0.3) is 12.3 Å². The summed E-state index contributed by atoms with van der Waals surface area (Å²) in [5.41, 5.74) is 3.22. The third-order valence-corrected chi connectivity index (χ3v) is 2.56. The van der Waals surface area contributed by atoms with Gasteiger partial charge in [0, 0.05) is 6.20 Å². The van der Waals surface area contributed by atoms with Crippen LogP contribution in [0.2, 0.25) is 0 Å². The number of aromatic amines is 1. The predicted molar refractivity (Wildman–Crippen MR) is 53.3 cm³/mol. The number of H-pyrrole nitrogens is 1. The maximum atomic E-state index is 12.2. The highest BCUT2D eigenvalue weighted by Gasteiger charge is 2.18. The highest BCUT2D eigenvalue weighted by molar-refractivity contribution is 14.1. The van der Waals surface area contributed by atoms with Crippen LogP contribution in [-0.2, 0) is 0 Å². The van der Waals surface area contributed by atoms with E-state index >= 15 is 0 Å². The monoisotopic (exact) mass is 314 g/mol. The Morgan fingerprint density at radius 3 is 2.57 bits per heavy atom. The molecule has 1 amide bonds. The molecule has 0 radical (unpaired) electrons. The zero-order chi connectivity index (χ0) is 10.9. The second kappa shape index (κ2) is 4.03. The van der Waals surface area contributed by atoms with Crippen LogP contribution in [0.1, 0.15) is 22.5 Å². The normalized spacial score (nSPS) is 10.6. The molecule has 0 saturated carbocycles. The first-order valence-corrected chi connectivity index (χ1v) is 4.52. The van der Waals surface area contributed by atoms with E-state index in [1.807, 2.05) is 0 Å². The van der Waals surface area contributed by atoms with E-state index in [2.05, 4.69) is 4.98 Å². The average molecular weight is 314 g/mol. The van der Waals surface area contributed by atoms with Crippen molar-refractivity contribution in [3.63, 3.8) is 0 Å². The quantitative estimate of drug-likeness (QED) is 0.800. The maximum Gasteiger partial charge on any atom is 0.269 e. The van der Waals surface area contributed by atoms with Gasteiger partial charge in [-0.25, -0.2) is 8.78 Å². The number of hydrogen-bond acceptors (Lipinski definition) is 2. The molecule has 7 heteroatoms. The van der Waals surface area contributed by atoms with Gasteiger partial charge in [-0.05, 0) is 22.6 Å². The van der Waals surface area contributed by atoms with Crippen molar-refractivity contribution in [3.05, 3.63) is 31.2 Å². The number of halogens is 3. The molecule has 0 bridgehead atoms. The summed E-state index contributed by atoms with van der Waals surface area (Å²) in [6, 6.07) is 0. The lowest BCUT2D eigenvalue weighted by molar-refractivity contribution is 0.0993. The number of nitrogens with one attached hydrogen (secondary N) is 1. The van der Waals surface area contributed by atoms with E-state index in [1.165, 1.54) is 22.6 Å². The van der Waals surface area contributed by atoms with E-state index in [1.54, 1.807) is 0 Å².